The quantitative estimate of drug-likeness (QED) is 0.139. The summed E-state index contributed by atoms with van der Waals surface area (Å²) in [4.78, 5) is 30.5. The summed E-state index contributed by atoms with van der Waals surface area (Å²) >= 11 is 0. The second-order valence-corrected chi connectivity index (χ2v) is 10.9. The van der Waals surface area contributed by atoms with E-state index in [1.165, 1.54) is 0 Å². The molecule has 4 aromatic rings. The van der Waals surface area contributed by atoms with Gasteiger partial charge in [-0.05, 0) is 66.5 Å². The molecule has 1 heterocycles. The molecule has 0 saturated heterocycles. The number of Topliss-reactive ketones (excluding diaryl/α,β-unsaturated/α-hetero) is 1. The maximum atomic E-state index is 13.6. The molecule has 8 heteroatoms. The van der Waals surface area contributed by atoms with Crippen molar-refractivity contribution in [3.63, 3.8) is 0 Å². The van der Waals surface area contributed by atoms with Gasteiger partial charge in [0.15, 0.2) is 5.78 Å². The number of aryl methyl sites for hydroxylation is 2. The monoisotopic (exact) mass is 586 g/mol. The second-order valence-electron chi connectivity index (χ2n) is 10.9. The number of halogens is 3. The highest BCUT2D eigenvalue weighted by Crippen LogP contribution is 2.51. The highest BCUT2D eigenvalue weighted by atomic mass is 19.4. The standard InChI is InChI=1S/C35H33F3N2O3/c1-24-21-25(11-9-18-31(41)26-12-3-2-4-13-26)22-39-32(24)43-20-10-19-34(33(42)40-23-35(36,37)38)29-16-7-5-14-27(29)28-15-6-8-17-30(28)34/h2-8,12-17,21-22H,9-11,18-20,23H2,1H3,(H,40,42). The third-order valence-corrected chi connectivity index (χ3v) is 7.89. The number of ketones is 1. The summed E-state index contributed by atoms with van der Waals surface area (Å²) in [6, 6.07) is 26.0. The van der Waals surface area contributed by atoms with Crippen LogP contribution in [0.25, 0.3) is 11.1 Å². The number of hydrogen-bond acceptors (Lipinski definition) is 4. The number of fused-ring (bicyclic) bond motifs is 3. The summed E-state index contributed by atoms with van der Waals surface area (Å²) < 4.78 is 45.3. The third kappa shape index (κ3) is 6.63. The lowest BCUT2D eigenvalue weighted by Crippen LogP contribution is -2.47. The van der Waals surface area contributed by atoms with E-state index in [4.69, 9.17) is 4.74 Å². The molecule has 1 N–H and O–H groups in total. The zero-order valence-corrected chi connectivity index (χ0v) is 23.9. The normalized spacial score (nSPS) is 13.2. The minimum Gasteiger partial charge on any atom is -0.477 e. The number of ether oxygens (including phenoxy) is 1. The Hall–Kier alpha value is -4.46. The zero-order chi connectivity index (χ0) is 30.5. The summed E-state index contributed by atoms with van der Waals surface area (Å²) in [6.07, 6.45) is -0.247. The molecule has 1 aromatic heterocycles. The van der Waals surface area contributed by atoms with E-state index >= 15 is 0 Å². The van der Waals surface area contributed by atoms with Gasteiger partial charge in [0.1, 0.15) is 12.0 Å². The summed E-state index contributed by atoms with van der Waals surface area (Å²) in [6.45, 7) is 0.734. The van der Waals surface area contributed by atoms with E-state index in [0.717, 1.165) is 22.3 Å². The van der Waals surface area contributed by atoms with Gasteiger partial charge in [-0.2, -0.15) is 13.2 Å². The van der Waals surface area contributed by atoms with E-state index in [-0.39, 0.29) is 18.8 Å². The van der Waals surface area contributed by atoms with Crippen LogP contribution in [0, 0.1) is 6.92 Å². The van der Waals surface area contributed by atoms with Crippen molar-refractivity contribution < 1.29 is 27.5 Å². The maximum absolute atomic E-state index is 13.6. The first kappa shape index (κ1) is 30.0. The highest BCUT2D eigenvalue weighted by Gasteiger charge is 2.49. The van der Waals surface area contributed by atoms with Gasteiger partial charge < -0.3 is 10.1 Å². The average Bonchev–Trinajstić information content (AvgIpc) is 3.29. The molecule has 5 rings (SSSR count). The number of pyridine rings is 1. The third-order valence-electron chi connectivity index (χ3n) is 7.89. The van der Waals surface area contributed by atoms with Crippen LogP contribution >= 0.6 is 0 Å². The lowest BCUT2D eigenvalue weighted by Gasteiger charge is -2.31. The van der Waals surface area contributed by atoms with Crippen LogP contribution in [-0.2, 0) is 16.6 Å². The summed E-state index contributed by atoms with van der Waals surface area (Å²) in [5, 5.41) is 2.16. The molecule has 0 aliphatic heterocycles. The molecule has 0 atom stereocenters. The first-order valence-corrected chi connectivity index (χ1v) is 14.4. The van der Waals surface area contributed by atoms with Gasteiger partial charge in [-0.15, -0.1) is 0 Å². The van der Waals surface area contributed by atoms with E-state index < -0.39 is 24.0 Å². The van der Waals surface area contributed by atoms with Crippen LogP contribution in [-0.4, -0.2) is 36.0 Å². The van der Waals surface area contributed by atoms with Crippen molar-refractivity contribution >= 4 is 11.7 Å². The Morgan fingerprint density at radius 3 is 2.14 bits per heavy atom. The highest BCUT2D eigenvalue weighted by molar-refractivity contribution is 6.00. The van der Waals surface area contributed by atoms with Crippen molar-refractivity contribution in [1.29, 1.82) is 0 Å². The molecule has 3 aromatic carbocycles. The molecule has 1 aliphatic rings. The number of carbonyl (C=O) groups excluding carboxylic acids is 2. The summed E-state index contributed by atoms with van der Waals surface area (Å²) in [5.74, 6) is -0.0962. The number of alkyl halides is 3. The maximum Gasteiger partial charge on any atom is 0.405 e. The van der Waals surface area contributed by atoms with E-state index in [0.29, 0.717) is 48.3 Å². The van der Waals surface area contributed by atoms with Gasteiger partial charge in [-0.25, -0.2) is 4.98 Å². The first-order chi connectivity index (χ1) is 20.7. The lowest BCUT2D eigenvalue weighted by molar-refractivity contribution is -0.141. The Morgan fingerprint density at radius 2 is 1.51 bits per heavy atom. The number of benzene rings is 3. The zero-order valence-electron chi connectivity index (χ0n) is 23.9. The molecule has 1 aliphatic carbocycles. The molecule has 222 valence electrons. The number of amides is 1. The van der Waals surface area contributed by atoms with Gasteiger partial charge >= 0.3 is 6.18 Å². The van der Waals surface area contributed by atoms with Crippen molar-refractivity contribution in [1.82, 2.24) is 10.3 Å². The second kappa shape index (κ2) is 12.8. The fraction of sp³-hybridized carbons (Fsp3) is 0.286. The molecule has 0 spiro atoms. The predicted molar refractivity (Wildman–Crippen MR) is 159 cm³/mol. The smallest absolute Gasteiger partial charge is 0.405 e. The Balaban J connectivity index is 1.24. The number of rotatable bonds is 12. The minimum absolute atomic E-state index is 0.114. The Kier molecular flexibility index (Phi) is 8.94. The minimum atomic E-state index is -4.52. The molecule has 0 radical (unpaired) electrons. The lowest BCUT2D eigenvalue weighted by atomic mass is 9.73. The molecule has 1 amide bonds. The van der Waals surface area contributed by atoms with Crippen LogP contribution in [0.1, 0.15) is 58.3 Å². The van der Waals surface area contributed by atoms with Gasteiger partial charge in [-0.3, -0.25) is 9.59 Å². The summed E-state index contributed by atoms with van der Waals surface area (Å²) in [7, 11) is 0. The van der Waals surface area contributed by atoms with Gasteiger partial charge in [0.2, 0.25) is 11.8 Å². The topological polar surface area (TPSA) is 68.3 Å². The molecule has 0 fully saturated rings. The van der Waals surface area contributed by atoms with E-state index in [9.17, 15) is 22.8 Å². The largest absolute Gasteiger partial charge is 0.477 e. The SMILES string of the molecule is Cc1cc(CCCC(=O)c2ccccc2)cnc1OCCCC1(C(=O)NCC(F)(F)F)c2ccccc2-c2ccccc21. The van der Waals surface area contributed by atoms with Crippen LogP contribution in [0.5, 0.6) is 5.88 Å². The fourth-order valence-electron chi connectivity index (χ4n) is 5.92. The molecule has 43 heavy (non-hydrogen) atoms. The molecular weight excluding hydrogens is 553 g/mol. The fourth-order valence-corrected chi connectivity index (χ4v) is 5.92. The predicted octanol–water partition coefficient (Wildman–Crippen LogP) is 7.40. The number of nitrogens with zero attached hydrogens (tertiary/aromatic N) is 1. The van der Waals surface area contributed by atoms with Gasteiger partial charge in [-0.1, -0.05) is 78.9 Å². The van der Waals surface area contributed by atoms with Crippen LogP contribution in [0.3, 0.4) is 0 Å². The number of nitrogens with one attached hydrogen (secondary N) is 1. The average molecular weight is 587 g/mol. The van der Waals surface area contributed by atoms with E-state index in [1.54, 1.807) is 18.3 Å². The molecule has 5 nitrogen and oxygen atoms in total. The van der Waals surface area contributed by atoms with Crippen LogP contribution in [0.4, 0.5) is 13.2 Å². The molecule has 0 bridgehead atoms. The first-order valence-electron chi connectivity index (χ1n) is 14.4. The van der Waals surface area contributed by atoms with Crippen molar-refractivity contribution in [2.24, 2.45) is 0 Å². The molecular formula is C35H33F3N2O3. The van der Waals surface area contributed by atoms with E-state index in [2.05, 4.69) is 10.3 Å². The van der Waals surface area contributed by atoms with Gasteiger partial charge in [0.25, 0.3) is 0 Å². The van der Waals surface area contributed by atoms with Crippen LogP contribution in [0.2, 0.25) is 0 Å². The number of carbonyl (C=O) groups is 2. The summed E-state index contributed by atoms with van der Waals surface area (Å²) in [5.41, 5.74) is 4.38. The van der Waals surface area contributed by atoms with Crippen molar-refractivity contribution in [3.05, 3.63) is 119 Å². The Morgan fingerprint density at radius 1 is 0.884 bits per heavy atom. The van der Waals surface area contributed by atoms with E-state index in [1.807, 2.05) is 79.7 Å². The van der Waals surface area contributed by atoms with Crippen LogP contribution in [0.15, 0.2) is 91.1 Å². The number of aromatic nitrogens is 1. The molecule has 0 unspecified atom stereocenters. The Labute approximate surface area is 249 Å². The molecule has 0 saturated carbocycles. The van der Waals surface area contributed by atoms with Crippen molar-refractivity contribution in [2.75, 3.05) is 13.2 Å². The number of hydrogen-bond donors (Lipinski definition) is 1. The van der Waals surface area contributed by atoms with Crippen molar-refractivity contribution in [2.45, 2.75) is 50.6 Å². The van der Waals surface area contributed by atoms with Crippen molar-refractivity contribution in [3.8, 4) is 17.0 Å². The van der Waals surface area contributed by atoms with Gasteiger partial charge in [0.05, 0.1) is 6.61 Å². The Bertz CT molecular complexity index is 1560. The van der Waals surface area contributed by atoms with Crippen LogP contribution < -0.4 is 10.1 Å². The van der Waals surface area contributed by atoms with Gasteiger partial charge in [0, 0.05) is 23.7 Å².